The Bertz CT molecular complexity index is 991. The van der Waals surface area contributed by atoms with Crippen LogP contribution in [0.5, 0.6) is 0 Å². The molecule has 0 radical (unpaired) electrons. The van der Waals surface area contributed by atoms with E-state index in [1.807, 2.05) is 0 Å². The summed E-state index contributed by atoms with van der Waals surface area (Å²) in [5.41, 5.74) is 9.14. The van der Waals surface area contributed by atoms with Gasteiger partial charge in [0.05, 0.1) is 12.3 Å². The van der Waals surface area contributed by atoms with Crippen LogP contribution < -0.4 is 5.73 Å². The average molecular weight is 388 g/mol. The SMILES string of the molecule is NC1CC(N2Cc3[nH]nc(-c4nn[nH]n4)c3C2)CO[C@@H]1c1cc(F)ccc1F. The molecule has 9 nitrogen and oxygen atoms in total. The average Bonchev–Trinajstić information content (AvgIpc) is 3.40. The van der Waals surface area contributed by atoms with Crippen molar-refractivity contribution < 1.29 is 13.5 Å². The third-order valence-corrected chi connectivity index (χ3v) is 5.41. The molecule has 0 spiro atoms. The Morgan fingerprint density at radius 2 is 2.11 bits per heavy atom. The number of hydrogen-bond donors (Lipinski definition) is 3. The fraction of sp³-hybridized carbons (Fsp3) is 0.412. The Balaban J connectivity index is 1.30. The number of tetrazole rings is 1. The normalized spacial score (nSPS) is 25.2. The third-order valence-electron chi connectivity index (χ3n) is 5.41. The maximum atomic E-state index is 14.1. The summed E-state index contributed by atoms with van der Waals surface area (Å²) in [6.45, 7) is 1.69. The molecule has 2 aromatic heterocycles. The maximum absolute atomic E-state index is 14.1. The number of halogens is 2. The molecule has 28 heavy (non-hydrogen) atoms. The molecule has 5 rings (SSSR count). The zero-order chi connectivity index (χ0) is 19.3. The highest BCUT2D eigenvalue weighted by Gasteiger charge is 2.38. The van der Waals surface area contributed by atoms with Crippen LogP contribution in [0.2, 0.25) is 0 Å². The van der Waals surface area contributed by atoms with Gasteiger partial charge in [-0.05, 0) is 29.8 Å². The Hall–Kier alpha value is -2.76. The first kappa shape index (κ1) is 17.3. The third kappa shape index (κ3) is 2.87. The number of benzene rings is 1. The van der Waals surface area contributed by atoms with E-state index < -0.39 is 23.8 Å². The predicted octanol–water partition coefficient (Wildman–Crippen LogP) is 1.04. The van der Waals surface area contributed by atoms with Crippen molar-refractivity contribution in [3.63, 3.8) is 0 Å². The molecule has 2 aliphatic rings. The quantitative estimate of drug-likeness (QED) is 0.613. The van der Waals surface area contributed by atoms with Crippen LogP contribution in [0.3, 0.4) is 0 Å². The van der Waals surface area contributed by atoms with Crippen LogP contribution in [0.15, 0.2) is 18.2 Å². The highest BCUT2D eigenvalue weighted by Crippen LogP contribution is 2.35. The molecule has 0 bridgehead atoms. The molecule has 4 N–H and O–H groups in total. The van der Waals surface area contributed by atoms with Gasteiger partial charge in [0, 0.05) is 36.3 Å². The van der Waals surface area contributed by atoms with Gasteiger partial charge >= 0.3 is 0 Å². The molecule has 146 valence electrons. The van der Waals surface area contributed by atoms with Gasteiger partial charge in [-0.25, -0.2) is 8.78 Å². The van der Waals surface area contributed by atoms with Crippen molar-refractivity contribution in [1.82, 2.24) is 35.7 Å². The minimum absolute atomic E-state index is 0.0572. The first-order valence-corrected chi connectivity index (χ1v) is 8.96. The van der Waals surface area contributed by atoms with Gasteiger partial charge in [0.25, 0.3) is 0 Å². The summed E-state index contributed by atoms with van der Waals surface area (Å²) < 4.78 is 33.5. The maximum Gasteiger partial charge on any atom is 0.225 e. The number of rotatable bonds is 3. The first-order chi connectivity index (χ1) is 13.6. The summed E-state index contributed by atoms with van der Waals surface area (Å²) >= 11 is 0. The fourth-order valence-electron chi connectivity index (χ4n) is 4.02. The zero-order valence-electron chi connectivity index (χ0n) is 14.8. The highest BCUT2D eigenvalue weighted by molar-refractivity contribution is 5.56. The van der Waals surface area contributed by atoms with E-state index in [-0.39, 0.29) is 11.6 Å². The number of fused-ring (bicyclic) bond motifs is 1. The molecule has 11 heteroatoms. The second-order valence-corrected chi connectivity index (χ2v) is 7.14. The minimum atomic E-state index is -0.663. The molecule has 0 saturated carbocycles. The predicted molar refractivity (Wildman–Crippen MR) is 92.4 cm³/mol. The second kappa shape index (κ2) is 6.69. The highest BCUT2D eigenvalue weighted by atomic mass is 19.1. The molecule has 0 aliphatic carbocycles. The number of nitrogens with zero attached hydrogens (tertiary/aromatic N) is 5. The van der Waals surface area contributed by atoms with Crippen LogP contribution in [0.4, 0.5) is 8.78 Å². The van der Waals surface area contributed by atoms with E-state index in [0.717, 1.165) is 29.5 Å². The molecule has 0 amide bonds. The number of aromatic nitrogens is 6. The van der Waals surface area contributed by atoms with Crippen molar-refractivity contribution in [1.29, 1.82) is 0 Å². The lowest BCUT2D eigenvalue weighted by Crippen LogP contribution is -2.47. The Kier molecular flexibility index (Phi) is 4.14. The smallest absolute Gasteiger partial charge is 0.225 e. The molecular formula is C17H18F2N8O. The van der Waals surface area contributed by atoms with Crippen molar-refractivity contribution in [3.8, 4) is 11.5 Å². The van der Waals surface area contributed by atoms with Crippen molar-refractivity contribution in [2.75, 3.05) is 6.61 Å². The van der Waals surface area contributed by atoms with Gasteiger partial charge in [0.2, 0.25) is 5.82 Å². The summed E-state index contributed by atoms with van der Waals surface area (Å²) in [7, 11) is 0. The van der Waals surface area contributed by atoms with Crippen LogP contribution in [-0.4, -0.2) is 54.4 Å². The standard InChI is InChI=1S/C17H18F2N8O/c18-8-1-2-12(19)10(3-8)16-13(20)4-9(7-28-16)27-5-11-14(6-27)21-22-15(11)17-23-25-26-24-17/h1-3,9,13,16H,4-7,20H2,(H,21,22)(H,23,24,25,26)/t9?,13?,16-/m1/s1. The van der Waals surface area contributed by atoms with Crippen molar-refractivity contribution in [2.24, 2.45) is 5.73 Å². The zero-order valence-corrected chi connectivity index (χ0v) is 14.8. The molecule has 4 heterocycles. The van der Waals surface area contributed by atoms with Gasteiger partial charge in [0.1, 0.15) is 23.4 Å². The lowest BCUT2D eigenvalue weighted by Gasteiger charge is -2.38. The topological polar surface area (TPSA) is 122 Å². The molecular weight excluding hydrogens is 370 g/mol. The molecule has 1 saturated heterocycles. The molecule has 2 unspecified atom stereocenters. The molecule has 2 aliphatic heterocycles. The number of H-pyrrole nitrogens is 2. The van der Waals surface area contributed by atoms with Gasteiger partial charge in [-0.2, -0.15) is 10.3 Å². The number of nitrogens with one attached hydrogen (secondary N) is 2. The number of ether oxygens (including phenoxy) is 1. The Morgan fingerprint density at radius 3 is 2.89 bits per heavy atom. The van der Waals surface area contributed by atoms with E-state index in [9.17, 15) is 8.78 Å². The first-order valence-electron chi connectivity index (χ1n) is 8.96. The summed E-state index contributed by atoms with van der Waals surface area (Å²) in [5, 5.41) is 21.3. The van der Waals surface area contributed by atoms with Crippen LogP contribution in [0.25, 0.3) is 11.5 Å². The van der Waals surface area contributed by atoms with E-state index in [4.69, 9.17) is 10.5 Å². The molecule has 1 aromatic carbocycles. The van der Waals surface area contributed by atoms with Crippen LogP contribution in [0, 0.1) is 11.6 Å². The van der Waals surface area contributed by atoms with Crippen LogP contribution in [0.1, 0.15) is 29.3 Å². The van der Waals surface area contributed by atoms with Crippen LogP contribution >= 0.6 is 0 Å². The fourth-order valence-corrected chi connectivity index (χ4v) is 4.02. The largest absolute Gasteiger partial charge is 0.370 e. The number of aromatic amines is 2. The van der Waals surface area contributed by atoms with E-state index in [1.165, 1.54) is 0 Å². The Labute approximate surface area is 158 Å². The molecule has 3 atom stereocenters. The van der Waals surface area contributed by atoms with E-state index >= 15 is 0 Å². The van der Waals surface area contributed by atoms with E-state index in [1.54, 1.807) is 0 Å². The molecule has 3 aromatic rings. The molecule has 1 fully saturated rings. The second-order valence-electron chi connectivity index (χ2n) is 7.14. The summed E-state index contributed by atoms with van der Waals surface area (Å²) in [5.74, 6) is -0.571. The van der Waals surface area contributed by atoms with Gasteiger partial charge in [-0.1, -0.05) is 0 Å². The van der Waals surface area contributed by atoms with Gasteiger partial charge in [-0.3, -0.25) is 10.00 Å². The van der Waals surface area contributed by atoms with Crippen LogP contribution in [-0.2, 0) is 17.8 Å². The van der Waals surface area contributed by atoms with Crippen molar-refractivity contribution >= 4 is 0 Å². The van der Waals surface area contributed by atoms with E-state index in [2.05, 4.69) is 35.7 Å². The van der Waals surface area contributed by atoms with Gasteiger partial charge < -0.3 is 10.5 Å². The minimum Gasteiger partial charge on any atom is -0.370 e. The summed E-state index contributed by atoms with van der Waals surface area (Å²) in [6.07, 6.45) is -0.0560. The number of hydrogen-bond acceptors (Lipinski definition) is 7. The summed E-state index contributed by atoms with van der Waals surface area (Å²) in [6, 6.07) is 2.96. The monoisotopic (exact) mass is 388 g/mol. The van der Waals surface area contributed by atoms with Crippen molar-refractivity contribution in [3.05, 3.63) is 46.7 Å². The Morgan fingerprint density at radius 1 is 1.21 bits per heavy atom. The van der Waals surface area contributed by atoms with Gasteiger partial charge in [0.15, 0.2) is 0 Å². The lowest BCUT2D eigenvalue weighted by molar-refractivity contribution is -0.0532. The van der Waals surface area contributed by atoms with Gasteiger partial charge in [-0.15, -0.1) is 10.2 Å². The summed E-state index contributed by atoms with van der Waals surface area (Å²) in [4.78, 5) is 2.23. The van der Waals surface area contributed by atoms with Crippen molar-refractivity contribution in [2.45, 2.75) is 37.7 Å². The lowest BCUT2D eigenvalue weighted by atomic mass is 9.93. The number of nitrogens with two attached hydrogens (primary N) is 1. The van der Waals surface area contributed by atoms with E-state index in [0.29, 0.717) is 37.6 Å².